The third-order valence-electron chi connectivity index (χ3n) is 3.74. The molecule has 1 aromatic heterocycles. The van der Waals surface area contributed by atoms with Crippen molar-refractivity contribution >= 4 is 16.9 Å². The molecule has 0 radical (unpaired) electrons. The van der Waals surface area contributed by atoms with E-state index in [1.54, 1.807) is 24.3 Å². The summed E-state index contributed by atoms with van der Waals surface area (Å²) in [4.78, 5) is 24.7. The van der Waals surface area contributed by atoms with Gasteiger partial charge in [-0.05, 0) is 25.5 Å². The Balaban J connectivity index is 2.23. The lowest BCUT2D eigenvalue weighted by Gasteiger charge is -2.10. The molecule has 0 bridgehead atoms. The molecule has 0 amide bonds. The molecule has 4 nitrogen and oxygen atoms in total. The van der Waals surface area contributed by atoms with Gasteiger partial charge in [0.05, 0.1) is 5.39 Å². The molecule has 122 valence electrons. The normalized spacial score (nSPS) is 10.8. The number of esters is 1. The number of para-hydroxylation sites is 1. The van der Waals surface area contributed by atoms with Gasteiger partial charge >= 0.3 is 5.97 Å². The fourth-order valence-electron chi connectivity index (χ4n) is 2.48. The van der Waals surface area contributed by atoms with Gasteiger partial charge in [-0.1, -0.05) is 48.9 Å². The highest BCUT2D eigenvalue weighted by molar-refractivity contribution is 5.84. The van der Waals surface area contributed by atoms with E-state index < -0.39 is 5.97 Å². The van der Waals surface area contributed by atoms with Crippen LogP contribution in [0.25, 0.3) is 22.3 Å². The summed E-state index contributed by atoms with van der Waals surface area (Å²) in [5.41, 5.74) is 1.92. The second kappa shape index (κ2) is 6.71. The number of rotatable bonds is 4. The first-order valence-electron chi connectivity index (χ1n) is 7.93. The molecule has 0 aliphatic rings. The molecule has 0 aliphatic carbocycles. The average Bonchev–Trinajstić information content (AvgIpc) is 2.58. The van der Waals surface area contributed by atoms with Crippen molar-refractivity contribution in [3.05, 3.63) is 64.3 Å². The number of aryl methyl sites for hydroxylation is 1. The minimum Gasteiger partial charge on any atom is -0.452 e. The van der Waals surface area contributed by atoms with E-state index >= 15 is 0 Å². The number of hydrogen-bond donors (Lipinski definition) is 0. The second-order valence-electron chi connectivity index (χ2n) is 5.68. The molecule has 0 fully saturated rings. The lowest BCUT2D eigenvalue weighted by Crippen LogP contribution is -2.15. The highest BCUT2D eigenvalue weighted by atomic mass is 16.5. The van der Waals surface area contributed by atoms with Crippen LogP contribution in [0.4, 0.5) is 0 Å². The molecule has 0 spiro atoms. The van der Waals surface area contributed by atoms with E-state index in [0.717, 1.165) is 5.56 Å². The van der Waals surface area contributed by atoms with Gasteiger partial charge in [-0.15, -0.1) is 0 Å². The third-order valence-corrected chi connectivity index (χ3v) is 3.74. The SMILES string of the molecule is CCCC(=O)Oc1c(-c2ccc(C)cc2)oc2ccccc2c1=O. The lowest BCUT2D eigenvalue weighted by molar-refractivity contribution is -0.134. The second-order valence-corrected chi connectivity index (χ2v) is 5.68. The monoisotopic (exact) mass is 322 g/mol. The van der Waals surface area contributed by atoms with Crippen LogP contribution < -0.4 is 10.2 Å². The van der Waals surface area contributed by atoms with Crippen LogP contribution in [0, 0.1) is 6.92 Å². The maximum Gasteiger partial charge on any atom is 0.311 e. The molecule has 24 heavy (non-hydrogen) atoms. The molecule has 0 saturated carbocycles. The van der Waals surface area contributed by atoms with Gasteiger partial charge in [0.25, 0.3) is 0 Å². The van der Waals surface area contributed by atoms with E-state index in [-0.39, 0.29) is 23.4 Å². The standard InChI is InChI=1S/C20H18O4/c1-3-6-17(21)24-20-18(22)15-7-4-5-8-16(15)23-19(20)14-11-9-13(2)10-12-14/h4-5,7-12H,3,6H2,1-2H3. The predicted octanol–water partition coefficient (Wildman–Crippen LogP) is 4.47. The molecule has 2 aromatic carbocycles. The zero-order valence-electron chi connectivity index (χ0n) is 13.7. The van der Waals surface area contributed by atoms with Gasteiger partial charge in [0, 0.05) is 12.0 Å². The molecule has 0 aliphatic heterocycles. The Hall–Kier alpha value is -2.88. The van der Waals surface area contributed by atoms with Crippen LogP contribution in [0.5, 0.6) is 5.75 Å². The largest absolute Gasteiger partial charge is 0.452 e. The number of hydrogen-bond acceptors (Lipinski definition) is 4. The van der Waals surface area contributed by atoms with Crippen LogP contribution in [0.15, 0.2) is 57.7 Å². The third kappa shape index (κ3) is 3.08. The van der Waals surface area contributed by atoms with Crippen molar-refractivity contribution in [2.45, 2.75) is 26.7 Å². The Morgan fingerprint density at radius 1 is 1.08 bits per heavy atom. The molecular weight excluding hydrogens is 304 g/mol. The fourth-order valence-corrected chi connectivity index (χ4v) is 2.48. The fraction of sp³-hybridized carbons (Fsp3) is 0.200. The van der Waals surface area contributed by atoms with Gasteiger partial charge in [-0.3, -0.25) is 9.59 Å². The van der Waals surface area contributed by atoms with Gasteiger partial charge in [-0.25, -0.2) is 0 Å². The molecule has 0 atom stereocenters. The number of benzene rings is 2. The zero-order chi connectivity index (χ0) is 17.1. The predicted molar refractivity (Wildman–Crippen MR) is 93.2 cm³/mol. The summed E-state index contributed by atoms with van der Waals surface area (Å²) in [6.07, 6.45) is 0.900. The van der Waals surface area contributed by atoms with Gasteiger partial charge in [0.15, 0.2) is 5.76 Å². The van der Waals surface area contributed by atoms with Crippen molar-refractivity contribution in [3.63, 3.8) is 0 Å². The molecule has 0 saturated heterocycles. The zero-order valence-corrected chi connectivity index (χ0v) is 13.7. The molecule has 0 N–H and O–H groups in total. The Bertz CT molecular complexity index is 936. The Labute approximate surface area is 139 Å². The molecular formula is C20H18O4. The molecule has 1 heterocycles. The summed E-state index contributed by atoms with van der Waals surface area (Å²) >= 11 is 0. The summed E-state index contributed by atoms with van der Waals surface area (Å²) in [5, 5.41) is 0.396. The van der Waals surface area contributed by atoms with Crippen LogP contribution in [-0.4, -0.2) is 5.97 Å². The van der Waals surface area contributed by atoms with Crippen LogP contribution in [0.2, 0.25) is 0 Å². The van der Waals surface area contributed by atoms with Crippen molar-refractivity contribution in [1.82, 2.24) is 0 Å². The number of carbonyl (C=O) groups is 1. The summed E-state index contributed by atoms with van der Waals surface area (Å²) < 4.78 is 11.3. The van der Waals surface area contributed by atoms with Crippen LogP contribution in [0.1, 0.15) is 25.3 Å². The highest BCUT2D eigenvalue weighted by Crippen LogP contribution is 2.31. The van der Waals surface area contributed by atoms with Crippen molar-refractivity contribution in [2.75, 3.05) is 0 Å². The van der Waals surface area contributed by atoms with E-state index in [9.17, 15) is 9.59 Å². The first-order chi connectivity index (χ1) is 11.6. The Morgan fingerprint density at radius 2 is 1.79 bits per heavy atom. The smallest absolute Gasteiger partial charge is 0.311 e. The van der Waals surface area contributed by atoms with Crippen LogP contribution >= 0.6 is 0 Å². The van der Waals surface area contributed by atoms with E-state index in [1.165, 1.54) is 0 Å². The van der Waals surface area contributed by atoms with Gasteiger partial charge in [-0.2, -0.15) is 0 Å². The van der Waals surface area contributed by atoms with E-state index in [0.29, 0.717) is 23.0 Å². The maximum atomic E-state index is 12.8. The highest BCUT2D eigenvalue weighted by Gasteiger charge is 2.20. The average molecular weight is 322 g/mol. The van der Waals surface area contributed by atoms with Crippen molar-refractivity contribution < 1.29 is 13.9 Å². The number of fused-ring (bicyclic) bond motifs is 1. The first-order valence-corrected chi connectivity index (χ1v) is 7.93. The summed E-state index contributed by atoms with van der Waals surface area (Å²) in [6.45, 7) is 3.85. The Morgan fingerprint density at radius 3 is 2.50 bits per heavy atom. The topological polar surface area (TPSA) is 56.5 Å². The number of carbonyl (C=O) groups excluding carboxylic acids is 1. The van der Waals surface area contributed by atoms with Gasteiger partial charge < -0.3 is 9.15 Å². The van der Waals surface area contributed by atoms with Crippen molar-refractivity contribution in [2.24, 2.45) is 0 Å². The van der Waals surface area contributed by atoms with Crippen molar-refractivity contribution in [3.8, 4) is 17.1 Å². The van der Waals surface area contributed by atoms with Crippen molar-refractivity contribution in [1.29, 1.82) is 0 Å². The Kier molecular flexibility index (Phi) is 4.47. The van der Waals surface area contributed by atoms with E-state index in [1.807, 2.05) is 38.1 Å². The molecule has 4 heteroatoms. The van der Waals surface area contributed by atoms with Gasteiger partial charge in [0.2, 0.25) is 11.2 Å². The van der Waals surface area contributed by atoms with E-state index in [4.69, 9.17) is 9.15 Å². The quantitative estimate of drug-likeness (QED) is 0.665. The van der Waals surface area contributed by atoms with Gasteiger partial charge in [0.1, 0.15) is 5.58 Å². The van der Waals surface area contributed by atoms with Crippen LogP contribution in [0.3, 0.4) is 0 Å². The molecule has 0 unspecified atom stereocenters. The first kappa shape index (κ1) is 16.0. The number of ether oxygens (including phenoxy) is 1. The lowest BCUT2D eigenvalue weighted by atomic mass is 10.1. The van der Waals surface area contributed by atoms with Crippen LogP contribution in [-0.2, 0) is 4.79 Å². The summed E-state index contributed by atoms with van der Waals surface area (Å²) in [5.74, 6) is -0.201. The maximum absolute atomic E-state index is 12.8. The van der Waals surface area contributed by atoms with E-state index in [2.05, 4.69) is 0 Å². The minimum atomic E-state index is -0.437. The summed E-state index contributed by atoms with van der Waals surface area (Å²) in [7, 11) is 0. The molecule has 3 aromatic rings. The molecule has 3 rings (SSSR count). The summed E-state index contributed by atoms with van der Waals surface area (Å²) in [6, 6.07) is 14.5. The minimum absolute atomic E-state index is 0.0454.